The van der Waals surface area contributed by atoms with Crippen molar-refractivity contribution >= 4 is 5.91 Å². The molecular formula is C24H26N2O5. The van der Waals surface area contributed by atoms with Crippen molar-refractivity contribution in [1.82, 2.24) is 10.3 Å². The Balaban J connectivity index is 1.45. The Hall–Kier alpha value is -3.48. The fourth-order valence-corrected chi connectivity index (χ4v) is 3.71. The van der Waals surface area contributed by atoms with Crippen LogP contribution in [0.4, 0.5) is 0 Å². The largest absolute Gasteiger partial charge is 0.496 e. The lowest BCUT2D eigenvalue weighted by atomic mass is 10.2. The number of methoxy groups -OCH3 is 2. The van der Waals surface area contributed by atoms with E-state index in [1.165, 1.54) is 20.0 Å². The van der Waals surface area contributed by atoms with Gasteiger partial charge in [0.05, 0.1) is 38.1 Å². The molecule has 2 aromatic carbocycles. The number of nitrogens with one attached hydrogen (secondary N) is 1. The average Bonchev–Trinajstić information content (AvgIpc) is 3.49. The molecule has 1 fully saturated rings. The van der Waals surface area contributed by atoms with Gasteiger partial charge in [0.25, 0.3) is 5.91 Å². The van der Waals surface area contributed by atoms with Crippen LogP contribution in [0.25, 0.3) is 11.5 Å². The summed E-state index contributed by atoms with van der Waals surface area (Å²) >= 11 is 0. The lowest BCUT2D eigenvalue weighted by Crippen LogP contribution is -2.23. The van der Waals surface area contributed by atoms with Crippen molar-refractivity contribution in [1.29, 1.82) is 0 Å². The second-order valence-corrected chi connectivity index (χ2v) is 7.42. The highest BCUT2D eigenvalue weighted by atomic mass is 16.5. The summed E-state index contributed by atoms with van der Waals surface area (Å²) in [5.41, 5.74) is 1.88. The van der Waals surface area contributed by atoms with Crippen molar-refractivity contribution in [2.24, 2.45) is 0 Å². The summed E-state index contributed by atoms with van der Waals surface area (Å²) in [4.78, 5) is 17.0. The molecule has 3 aromatic rings. The minimum Gasteiger partial charge on any atom is -0.496 e. The van der Waals surface area contributed by atoms with Gasteiger partial charge in [0, 0.05) is 5.56 Å². The van der Waals surface area contributed by atoms with Gasteiger partial charge >= 0.3 is 0 Å². The monoisotopic (exact) mass is 422 g/mol. The van der Waals surface area contributed by atoms with Crippen LogP contribution in [0.2, 0.25) is 0 Å². The number of hydrogen-bond acceptors (Lipinski definition) is 6. The summed E-state index contributed by atoms with van der Waals surface area (Å²) in [6, 6.07) is 12.7. The van der Waals surface area contributed by atoms with E-state index in [0.717, 1.165) is 18.4 Å². The molecule has 0 spiro atoms. The number of amides is 1. The van der Waals surface area contributed by atoms with E-state index in [0.29, 0.717) is 34.4 Å². The number of aromatic nitrogens is 1. The zero-order chi connectivity index (χ0) is 21.6. The van der Waals surface area contributed by atoms with Crippen LogP contribution >= 0.6 is 0 Å². The summed E-state index contributed by atoms with van der Waals surface area (Å²) < 4.78 is 22.5. The lowest BCUT2D eigenvalue weighted by molar-refractivity contribution is 0.0947. The van der Waals surface area contributed by atoms with E-state index in [-0.39, 0.29) is 18.6 Å². The number of carbonyl (C=O) groups is 1. The number of ether oxygens (including phenoxy) is 3. The van der Waals surface area contributed by atoms with E-state index in [2.05, 4.69) is 10.3 Å². The van der Waals surface area contributed by atoms with Crippen molar-refractivity contribution in [2.45, 2.75) is 38.3 Å². The molecule has 1 aliphatic carbocycles. The zero-order valence-corrected chi connectivity index (χ0v) is 17.7. The van der Waals surface area contributed by atoms with Crippen LogP contribution in [0.5, 0.6) is 17.2 Å². The highest BCUT2D eigenvalue weighted by molar-refractivity contribution is 5.96. The predicted molar refractivity (Wildman–Crippen MR) is 116 cm³/mol. The van der Waals surface area contributed by atoms with E-state index in [1.807, 2.05) is 24.3 Å². The lowest BCUT2D eigenvalue weighted by Gasteiger charge is -2.16. The molecule has 0 aliphatic heterocycles. The van der Waals surface area contributed by atoms with Crippen LogP contribution in [-0.4, -0.2) is 31.2 Å². The number of oxazole rings is 1. The fourth-order valence-electron chi connectivity index (χ4n) is 3.71. The quantitative estimate of drug-likeness (QED) is 0.571. The number of carbonyl (C=O) groups excluding carboxylic acids is 1. The SMILES string of the molecule is COc1ccc(-c2nc(CNC(=O)c3ccccc3OC)co2)cc1OC1CCCC1. The number of hydrogen-bond donors (Lipinski definition) is 1. The van der Waals surface area contributed by atoms with Crippen LogP contribution in [0.15, 0.2) is 53.1 Å². The second-order valence-electron chi connectivity index (χ2n) is 7.42. The summed E-state index contributed by atoms with van der Waals surface area (Å²) in [5.74, 6) is 2.12. The van der Waals surface area contributed by atoms with Gasteiger partial charge in [-0.25, -0.2) is 4.98 Å². The van der Waals surface area contributed by atoms with Crippen LogP contribution in [0.1, 0.15) is 41.7 Å². The zero-order valence-electron chi connectivity index (χ0n) is 17.7. The maximum Gasteiger partial charge on any atom is 0.255 e. The molecule has 0 radical (unpaired) electrons. The minimum absolute atomic E-state index is 0.217. The van der Waals surface area contributed by atoms with Gasteiger partial charge in [-0.1, -0.05) is 12.1 Å². The number of rotatable bonds is 8. The molecular weight excluding hydrogens is 396 g/mol. The van der Waals surface area contributed by atoms with Gasteiger partial charge in [-0.05, 0) is 56.0 Å². The van der Waals surface area contributed by atoms with Gasteiger partial charge in [-0.3, -0.25) is 4.79 Å². The van der Waals surface area contributed by atoms with Crippen LogP contribution in [-0.2, 0) is 6.54 Å². The molecule has 162 valence electrons. The first kappa shape index (κ1) is 20.8. The topological polar surface area (TPSA) is 82.8 Å². The molecule has 1 aromatic heterocycles. The normalized spacial score (nSPS) is 13.7. The van der Waals surface area contributed by atoms with Crippen molar-refractivity contribution in [3.63, 3.8) is 0 Å². The Morgan fingerprint density at radius 2 is 1.84 bits per heavy atom. The van der Waals surface area contributed by atoms with Crippen molar-refractivity contribution in [2.75, 3.05) is 14.2 Å². The number of nitrogens with zero attached hydrogens (tertiary/aromatic N) is 1. The molecule has 1 N–H and O–H groups in total. The first-order valence-electron chi connectivity index (χ1n) is 10.4. The molecule has 1 saturated carbocycles. The maximum atomic E-state index is 12.5. The van der Waals surface area contributed by atoms with E-state index in [9.17, 15) is 4.79 Å². The van der Waals surface area contributed by atoms with Crippen LogP contribution in [0, 0.1) is 0 Å². The van der Waals surface area contributed by atoms with Crippen LogP contribution < -0.4 is 19.5 Å². The van der Waals surface area contributed by atoms with Gasteiger partial charge < -0.3 is 23.9 Å². The molecule has 7 nitrogen and oxygen atoms in total. The first-order valence-corrected chi connectivity index (χ1v) is 10.4. The Labute approximate surface area is 181 Å². The van der Waals surface area contributed by atoms with Crippen molar-refractivity contribution in [3.8, 4) is 28.7 Å². The molecule has 0 bridgehead atoms. The van der Waals surface area contributed by atoms with Gasteiger partial charge in [-0.2, -0.15) is 0 Å². The molecule has 0 unspecified atom stereocenters. The van der Waals surface area contributed by atoms with Gasteiger partial charge in [-0.15, -0.1) is 0 Å². The smallest absolute Gasteiger partial charge is 0.255 e. The highest BCUT2D eigenvalue weighted by Gasteiger charge is 2.20. The Kier molecular flexibility index (Phi) is 6.40. The summed E-state index contributed by atoms with van der Waals surface area (Å²) in [6.45, 7) is 0.238. The summed E-state index contributed by atoms with van der Waals surface area (Å²) in [6.07, 6.45) is 6.26. The van der Waals surface area contributed by atoms with Crippen LogP contribution in [0.3, 0.4) is 0 Å². The van der Waals surface area contributed by atoms with Gasteiger partial charge in [0.1, 0.15) is 12.0 Å². The van der Waals surface area contributed by atoms with E-state index >= 15 is 0 Å². The number of benzene rings is 2. The Morgan fingerprint density at radius 3 is 2.61 bits per heavy atom. The molecule has 7 heteroatoms. The highest BCUT2D eigenvalue weighted by Crippen LogP contribution is 2.35. The van der Waals surface area contributed by atoms with E-state index < -0.39 is 0 Å². The van der Waals surface area contributed by atoms with Crippen molar-refractivity contribution in [3.05, 3.63) is 60.0 Å². The standard InChI is InChI=1S/C24H26N2O5/c1-28-20-10-6-5-9-19(20)23(27)25-14-17-15-30-24(26-17)16-11-12-21(29-2)22(13-16)31-18-7-3-4-8-18/h5-6,9-13,15,18H,3-4,7-8,14H2,1-2H3,(H,25,27). The third kappa shape index (κ3) is 4.82. The van der Waals surface area contributed by atoms with Gasteiger partial charge in [0.15, 0.2) is 11.5 Å². The van der Waals surface area contributed by atoms with Crippen molar-refractivity contribution < 1.29 is 23.4 Å². The molecule has 0 atom stereocenters. The Morgan fingerprint density at radius 1 is 1.06 bits per heavy atom. The molecule has 31 heavy (non-hydrogen) atoms. The molecule has 4 rings (SSSR count). The maximum absolute atomic E-state index is 12.5. The molecule has 1 aliphatic rings. The summed E-state index contributed by atoms with van der Waals surface area (Å²) in [5, 5.41) is 2.85. The second kappa shape index (κ2) is 9.55. The Bertz CT molecular complexity index is 1040. The molecule has 1 amide bonds. The summed E-state index contributed by atoms with van der Waals surface area (Å²) in [7, 11) is 3.17. The minimum atomic E-state index is -0.237. The van der Waals surface area contributed by atoms with E-state index in [4.69, 9.17) is 18.6 Å². The molecule has 1 heterocycles. The number of para-hydroxylation sites is 1. The van der Waals surface area contributed by atoms with Gasteiger partial charge in [0.2, 0.25) is 5.89 Å². The first-order chi connectivity index (χ1) is 15.2. The fraction of sp³-hybridized carbons (Fsp3) is 0.333. The van der Waals surface area contributed by atoms with E-state index in [1.54, 1.807) is 31.6 Å². The predicted octanol–water partition coefficient (Wildman–Crippen LogP) is 4.61. The third-order valence-electron chi connectivity index (χ3n) is 5.34. The average molecular weight is 422 g/mol. The molecule has 0 saturated heterocycles. The third-order valence-corrected chi connectivity index (χ3v) is 5.34.